The van der Waals surface area contributed by atoms with Crippen LogP contribution in [0.4, 0.5) is 0 Å². The van der Waals surface area contributed by atoms with Gasteiger partial charge in [-0.15, -0.1) is 12.6 Å². The van der Waals surface area contributed by atoms with Crippen molar-refractivity contribution in [2.75, 3.05) is 6.61 Å². The van der Waals surface area contributed by atoms with Gasteiger partial charge in [-0.2, -0.15) is 0 Å². The zero-order chi connectivity index (χ0) is 30.6. The molecule has 1 unspecified atom stereocenters. The smallest absolute Gasteiger partial charge is 0.209 e. The third-order valence-corrected chi connectivity index (χ3v) is 8.68. The molecule has 0 radical (unpaired) electrons. The molecule has 0 aliphatic rings. The maximum atomic E-state index is 6.87. The standard InChI is InChI=1S/C38H42N2O2S/c1-25-21-27(3)29(5)33(23-25)41-20-14-13-19-38(43,42-34-24-26(2)22-28(4)30(34)6)37-39-35(31-15-9-7-10-16-31)36(40-37)32-17-11-8-12-18-32/h7-12,15-18,21-24,43H,13-14,19-20H2,1-6H3,(H,39,40). The number of imidazole rings is 1. The number of unbranched alkanes of at least 4 members (excludes halogenated alkanes) is 1. The number of H-pyrrole nitrogens is 1. The molecule has 0 saturated heterocycles. The van der Waals surface area contributed by atoms with E-state index in [9.17, 15) is 0 Å². The van der Waals surface area contributed by atoms with E-state index >= 15 is 0 Å². The molecule has 0 spiro atoms. The van der Waals surface area contributed by atoms with Gasteiger partial charge in [-0.1, -0.05) is 72.8 Å². The summed E-state index contributed by atoms with van der Waals surface area (Å²) in [6, 6.07) is 29.2. The van der Waals surface area contributed by atoms with E-state index < -0.39 is 4.93 Å². The van der Waals surface area contributed by atoms with Gasteiger partial charge in [0.05, 0.1) is 18.0 Å². The normalized spacial score (nSPS) is 12.6. The average molecular weight is 591 g/mol. The van der Waals surface area contributed by atoms with Gasteiger partial charge in [0.2, 0.25) is 4.93 Å². The Morgan fingerprint density at radius 1 is 0.698 bits per heavy atom. The van der Waals surface area contributed by atoms with Gasteiger partial charge >= 0.3 is 0 Å². The molecule has 5 heteroatoms. The lowest BCUT2D eigenvalue weighted by atomic mass is 10.0. The Morgan fingerprint density at radius 3 is 1.88 bits per heavy atom. The molecule has 0 aliphatic carbocycles. The van der Waals surface area contributed by atoms with Gasteiger partial charge in [0.25, 0.3) is 0 Å². The van der Waals surface area contributed by atoms with Crippen LogP contribution in [0.15, 0.2) is 84.9 Å². The largest absolute Gasteiger partial charge is 0.493 e. The summed E-state index contributed by atoms with van der Waals surface area (Å²) < 4.78 is 13.1. The first-order chi connectivity index (χ1) is 20.6. The van der Waals surface area contributed by atoms with Crippen LogP contribution in [0.25, 0.3) is 22.5 Å². The Labute approximate surface area is 261 Å². The minimum atomic E-state index is -0.989. The molecule has 5 aromatic rings. The van der Waals surface area contributed by atoms with Crippen LogP contribution in [-0.4, -0.2) is 16.6 Å². The molecule has 1 aromatic heterocycles. The number of rotatable bonds is 11. The lowest BCUT2D eigenvalue weighted by Gasteiger charge is -2.29. The minimum absolute atomic E-state index is 0.624. The molecular formula is C38H42N2O2S. The predicted molar refractivity (Wildman–Crippen MR) is 181 cm³/mol. The van der Waals surface area contributed by atoms with Crippen LogP contribution >= 0.6 is 12.6 Å². The van der Waals surface area contributed by atoms with Crippen molar-refractivity contribution in [2.24, 2.45) is 0 Å². The first-order valence-electron chi connectivity index (χ1n) is 15.1. The SMILES string of the molecule is Cc1cc(C)c(C)c(OCCCCC(S)(Oc2cc(C)cc(C)c2C)c2nc(-c3ccccc3)c(-c3ccccc3)[nH]2)c1. The fourth-order valence-corrected chi connectivity index (χ4v) is 5.85. The number of nitrogens with zero attached hydrogens (tertiary/aromatic N) is 1. The zero-order valence-corrected chi connectivity index (χ0v) is 27.0. The average Bonchev–Trinajstić information content (AvgIpc) is 3.45. The summed E-state index contributed by atoms with van der Waals surface area (Å²) in [5.74, 6) is 2.48. The zero-order valence-electron chi connectivity index (χ0n) is 26.1. The highest BCUT2D eigenvalue weighted by Gasteiger charge is 2.35. The third kappa shape index (κ3) is 7.00. The first kappa shape index (κ1) is 30.5. The van der Waals surface area contributed by atoms with Crippen LogP contribution in [0.1, 0.15) is 58.5 Å². The molecule has 5 rings (SSSR count). The lowest BCUT2D eigenvalue weighted by molar-refractivity contribution is 0.142. The lowest BCUT2D eigenvalue weighted by Crippen LogP contribution is -2.29. The fourth-order valence-electron chi connectivity index (χ4n) is 5.48. The van der Waals surface area contributed by atoms with E-state index in [2.05, 4.69) is 95.1 Å². The summed E-state index contributed by atoms with van der Waals surface area (Å²) in [5, 5.41) is 0. The Bertz CT molecular complexity index is 1640. The van der Waals surface area contributed by atoms with E-state index in [1.165, 1.54) is 22.3 Å². The van der Waals surface area contributed by atoms with E-state index in [0.29, 0.717) is 18.9 Å². The highest BCUT2D eigenvalue weighted by atomic mass is 32.1. The van der Waals surface area contributed by atoms with Crippen molar-refractivity contribution in [1.29, 1.82) is 0 Å². The summed E-state index contributed by atoms with van der Waals surface area (Å²) in [5.41, 5.74) is 11.1. The Kier molecular flexibility index (Phi) is 9.31. The van der Waals surface area contributed by atoms with Gasteiger partial charge < -0.3 is 14.5 Å². The number of hydrogen-bond donors (Lipinski definition) is 2. The summed E-state index contributed by atoms with van der Waals surface area (Å²) in [7, 11) is 0. The van der Waals surface area contributed by atoms with Crippen molar-refractivity contribution in [3.05, 3.63) is 124 Å². The number of aryl methyl sites for hydroxylation is 4. The van der Waals surface area contributed by atoms with Crippen molar-refractivity contribution in [2.45, 2.75) is 65.7 Å². The monoisotopic (exact) mass is 590 g/mol. The number of benzene rings is 4. The van der Waals surface area contributed by atoms with Crippen molar-refractivity contribution in [3.63, 3.8) is 0 Å². The Balaban J connectivity index is 1.47. The molecular weight excluding hydrogens is 548 g/mol. The highest BCUT2D eigenvalue weighted by Crippen LogP contribution is 2.41. The van der Waals surface area contributed by atoms with Gasteiger partial charge in [0.1, 0.15) is 11.5 Å². The van der Waals surface area contributed by atoms with Crippen LogP contribution in [0.2, 0.25) is 0 Å². The topological polar surface area (TPSA) is 47.1 Å². The molecule has 0 saturated carbocycles. The summed E-state index contributed by atoms with van der Waals surface area (Å²) in [4.78, 5) is 7.85. The van der Waals surface area contributed by atoms with Crippen molar-refractivity contribution < 1.29 is 9.47 Å². The molecule has 43 heavy (non-hydrogen) atoms. The number of nitrogens with one attached hydrogen (secondary N) is 1. The molecule has 4 nitrogen and oxygen atoms in total. The van der Waals surface area contributed by atoms with Crippen LogP contribution in [0.3, 0.4) is 0 Å². The van der Waals surface area contributed by atoms with Crippen LogP contribution in [-0.2, 0) is 4.93 Å². The van der Waals surface area contributed by atoms with Gasteiger partial charge in [-0.05, 0) is 99.9 Å². The van der Waals surface area contributed by atoms with E-state index in [1.54, 1.807) is 0 Å². The summed E-state index contributed by atoms with van der Waals surface area (Å²) >= 11 is 5.28. The number of aromatic amines is 1. The maximum Gasteiger partial charge on any atom is 0.209 e. The highest BCUT2D eigenvalue weighted by molar-refractivity contribution is 7.81. The molecule has 0 bridgehead atoms. The van der Waals surface area contributed by atoms with Crippen LogP contribution in [0, 0.1) is 41.5 Å². The summed E-state index contributed by atoms with van der Waals surface area (Å²) in [6.45, 7) is 13.3. The quantitative estimate of drug-likeness (QED) is 0.0914. The molecule has 1 atom stereocenters. The third-order valence-electron chi connectivity index (χ3n) is 8.16. The van der Waals surface area contributed by atoms with Crippen LogP contribution < -0.4 is 9.47 Å². The molecule has 0 aliphatic heterocycles. The molecule has 1 heterocycles. The maximum absolute atomic E-state index is 6.87. The molecule has 0 amide bonds. The van der Waals surface area contributed by atoms with Gasteiger partial charge in [0, 0.05) is 17.5 Å². The van der Waals surface area contributed by atoms with E-state index in [0.717, 1.165) is 58.0 Å². The van der Waals surface area contributed by atoms with Crippen LogP contribution in [0.5, 0.6) is 11.5 Å². The van der Waals surface area contributed by atoms with Gasteiger partial charge in [0.15, 0.2) is 5.82 Å². The van der Waals surface area contributed by atoms with E-state index in [4.69, 9.17) is 27.1 Å². The van der Waals surface area contributed by atoms with E-state index in [-0.39, 0.29) is 0 Å². The second-order valence-corrected chi connectivity index (χ2v) is 12.4. The second kappa shape index (κ2) is 13.1. The molecule has 1 N–H and O–H groups in total. The van der Waals surface area contributed by atoms with Crippen molar-refractivity contribution in [3.8, 4) is 34.0 Å². The molecule has 0 fully saturated rings. The molecule has 222 valence electrons. The number of hydrogen-bond acceptors (Lipinski definition) is 4. The van der Waals surface area contributed by atoms with Crippen molar-refractivity contribution >= 4 is 12.6 Å². The predicted octanol–water partition coefficient (Wildman–Crippen LogP) is 10.0. The minimum Gasteiger partial charge on any atom is -0.493 e. The molecule has 4 aromatic carbocycles. The second-order valence-electron chi connectivity index (χ2n) is 11.6. The van der Waals surface area contributed by atoms with E-state index in [1.807, 2.05) is 36.4 Å². The summed E-state index contributed by atoms with van der Waals surface area (Å²) in [6.07, 6.45) is 2.36. The number of ether oxygens (including phenoxy) is 2. The van der Waals surface area contributed by atoms with Crippen molar-refractivity contribution in [1.82, 2.24) is 9.97 Å². The van der Waals surface area contributed by atoms with Gasteiger partial charge in [-0.3, -0.25) is 0 Å². The first-order valence-corrected chi connectivity index (χ1v) is 15.5. The number of thiol groups is 1. The fraction of sp³-hybridized carbons (Fsp3) is 0.289. The number of aromatic nitrogens is 2. The Hall–Kier alpha value is -3.96. The Morgan fingerprint density at radius 2 is 1.26 bits per heavy atom. The van der Waals surface area contributed by atoms with Gasteiger partial charge in [-0.25, -0.2) is 4.98 Å².